The maximum Gasteiger partial charge on any atom is 0.0741 e. The van der Waals surface area contributed by atoms with Crippen LogP contribution < -0.4 is 10.6 Å². The molecule has 0 unspecified atom stereocenters. The van der Waals surface area contributed by atoms with E-state index in [0.29, 0.717) is 16.1 Å². The molecule has 76 valence electrons. The zero-order chi connectivity index (χ0) is 10.3. The van der Waals surface area contributed by atoms with Crippen molar-refractivity contribution in [2.75, 3.05) is 23.7 Å². The second-order valence-corrected chi connectivity index (χ2v) is 5.10. The van der Waals surface area contributed by atoms with Crippen LogP contribution in [0.1, 0.15) is 13.8 Å². The number of nitrogens with zero attached hydrogens (tertiary/aromatic N) is 1. The third-order valence-corrected chi connectivity index (χ3v) is 2.94. The van der Waals surface area contributed by atoms with E-state index in [9.17, 15) is 0 Å². The van der Waals surface area contributed by atoms with E-state index in [0.717, 1.165) is 18.8 Å². The number of halogens is 1. The minimum Gasteiger partial charge on any atom is -0.396 e. The van der Waals surface area contributed by atoms with Gasteiger partial charge >= 0.3 is 0 Å². The first kappa shape index (κ1) is 9.66. The van der Waals surface area contributed by atoms with Crippen LogP contribution in [0.5, 0.6) is 0 Å². The van der Waals surface area contributed by atoms with Gasteiger partial charge in [0.1, 0.15) is 0 Å². The molecule has 0 spiro atoms. The van der Waals surface area contributed by atoms with Crippen LogP contribution in [-0.2, 0) is 0 Å². The molecule has 2 N–H and O–H groups in total. The topological polar surface area (TPSA) is 29.3 Å². The van der Waals surface area contributed by atoms with E-state index in [4.69, 9.17) is 17.3 Å². The Bertz CT molecular complexity index is 352. The maximum absolute atomic E-state index is 5.96. The normalized spacial score (nSPS) is 19.2. The predicted octanol–water partition coefficient (Wildman–Crippen LogP) is 2.77. The van der Waals surface area contributed by atoms with Crippen molar-refractivity contribution in [1.29, 1.82) is 0 Å². The summed E-state index contributed by atoms with van der Waals surface area (Å²) in [5.41, 5.74) is 8.08. The first-order valence-corrected chi connectivity index (χ1v) is 5.16. The van der Waals surface area contributed by atoms with Gasteiger partial charge in [0.25, 0.3) is 0 Å². The van der Waals surface area contributed by atoms with E-state index in [1.165, 1.54) is 0 Å². The third-order valence-electron chi connectivity index (χ3n) is 2.61. The summed E-state index contributed by atoms with van der Waals surface area (Å²) in [6, 6.07) is 5.79. The van der Waals surface area contributed by atoms with Gasteiger partial charge in [-0.1, -0.05) is 31.5 Å². The summed E-state index contributed by atoms with van der Waals surface area (Å²) < 4.78 is 0. The summed E-state index contributed by atoms with van der Waals surface area (Å²) in [7, 11) is 0. The zero-order valence-corrected chi connectivity index (χ0v) is 9.30. The first-order valence-electron chi connectivity index (χ1n) is 4.78. The van der Waals surface area contributed by atoms with Gasteiger partial charge < -0.3 is 10.6 Å². The number of hydrogen-bond donors (Lipinski definition) is 1. The summed E-state index contributed by atoms with van der Waals surface area (Å²) in [4.78, 5) is 2.27. The summed E-state index contributed by atoms with van der Waals surface area (Å²) in [6.45, 7) is 6.61. The fourth-order valence-electron chi connectivity index (χ4n) is 1.96. The lowest BCUT2D eigenvalue weighted by atomic mass is 9.84. The maximum atomic E-state index is 5.96. The smallest absolute Gasteiger partial charge is 0.0741 e. The molecule has 2 rings (SSSR count). The minimum absolute atomic E-state index is 0.411. The van der Waals surface area contributed by atoms with Crippen LogP contribution in [0, 0.1) is 5.41 Å². The Morgan fingerprint density at radius 2 is 2.00 bits per heavy atom. The Morgan fingerprint density at radius 1 is 1.36 bits per heavy atom. The van der Waals surface area contributed by atoms with Crippen LogP contribution in [-0.4, -0.2) is 13.1 Å². The summed E-state index contributed by atoms with van der Waals surface area (Å²) in [5.74, 6) is 0. The van der Waals surface area contributed by atoms with Gasteiger partial charge in [-0.05, 0) is 17.5 Å². The Labute approximate surface area is 89.7 Å². The molecule has 0 atom stereocenters. The second-order valence-electron chi connectivity index (χ2n) is 4.69. The molecule has 1 aromatic carbocycles. The number of nitrogens with two attached hydrogens (primary N) is 1. The highest BCUT2D eigenvalue weighted by molar-refractivity contribution is 6.33. The highest BCUT2D eigenvalue weighted by Crippen LogP contribution is 2.38. The highest BCUT2D eigenvalue weighted by Gasteiger charge is 2.35. The van der Waals surface area contributed by atoms with Gasteiger partial charge in [0.05, 0.1) is 16.4 Å². The lowest BCUT2D eigenvalue weighted by Crippen LogP contribution is -2.53. The van der Waals surface area contributed by atoms with Gasteiger partial charge in [-0.3, -0.25) is 0 Å². The predicted molar refractivity (Wildman–Crippen MR) is 61.9 cm³/mol. The number of para-hydroxylation sites is 1. The van der Waals surface area contributed by atoms with Gasteiger partial charge in [0, 0.05) is 13.1 Å². The molecule has 1 fully saturated rings. The molecule has 0 radical (unpaired) electrons. The van der Waals surface area contributed by atoms with E-state index in [1.54, 1.807) is 0 Å². The summed E-state index contributed by atoms with van der Waals surface area (Å²) in [5, 5.41) is 0.646. The Hall–Kier alpha value is -0.890. The van der Waals surface area contributed by atoms with Gasteiger partial charge in [0.2, 0.25) is 0 Å². The van der Waals surface area contributed by atoms with Crippen LogP contribution in [0.4, 0.5) is 11.4 Å². The first-order chi connectivity index (χ1) is 6.49. The standard InChI is InChI=1S/C11H15ClN2/c1-11(2)6-14(7-11)9-5-3-4-8(12)10(9)13/h3-5H,6-7,13H2,1-2H3. The Morgan fingerprint density at radius 3 is 2.57 bits per heavy atom. The molecular weight excluding hydrogens is 196 g/mol. The second kappa shape index (κ2) is 3.06. The van der Waals surface area contributed by atoms with Crippen LogP contribution in [0.15, 0.2) is 18.2 Å². The molecule has 1 aromatic rings. The fourth-order valence-corrected chi connectivity index (χ4v) is 2.13. The number of benzene rings is 1. The summed E-state index contributed by atoms with van der Waals surface area (Å²) >= 11 is 5.96. The van der Waals surface area contributed by atoms with E-state index in [1.807, 2.05) is 18.2 Å². The van der Waals surface area contributed by atoms with Crippen molar-refractivity contribution < 1.29 is 0 Å². The van der Waals surface area contributed by atoms with Crippen molar-refractivity contribution >= 4 is 23.0 Å². The van der Waals surface area contributed by atoms with Crippen LogP contribution in [0.3, 0.4) is 0 Å². The molecule has 0 bridgehead atoms. The van der Waals surface area contributed by atoms with Crippen LogP contribution >= 0.6 is 11.6 Å². The zero-order valence-electron chi connectivity index (χ0n) is 8.55. The van der Waals surface area contributed by atoms with Crippen molar-refractivity contribution in [2.45, 2.75) is 13.8 Å². The fraction of sp³-hybridized carbons (Fsp3) is 0.455. The number of nitrogen functional groups attached to an aromatic ring is 1. The van der Waals surface area contributed by atoms with Crippen molar-refractivity contribution in [1.82, 2.24) is 0 Å². The summed E-state index contributed by atoms with van der Waals surface area (Å²) in [6.07, 6.45) is 0. The molecule has 1 aliphatic heterocycles. The molecule has 14 heavy (non-hydrogen) atoms. The average molecular weight is 211 g/mol. The highest BCUT2D eigenvalue weighted by atomic mass is 35.5. The molecular formula is C11H15ClN2. The lowest BCUT2D eigenvalue weighted by Gasteiger charge is -2.47. The molecule has 1 heterocycles. The lowest BCUT2D eigenvalue weighted by molar-refractivity contribution is 0.277. The SMILES string of the molecule is CC1(C)CN(c2cccc(Cl)c2N)C1. The quantitative estimate of drug-likeness (QED) is 0.723. The van der Waals surface area contributed by atoms with Crippen LogP contribution in [0.2, 0.25) is 5.02 Å². The minimum atomic E-state index is 0.411. The van der Waals surface area contributed by atoms with Gasteiger partial charge in [-0.15, -0.1) is 0 Å². The van der Waals surface area contributed by atoms with E-state index >= 15 is 0 Å². The number of hydrogen-bond acceptors (Lipinski definition) is 2. The molecule has 0 aliphatic carbocycles. The van der Waals surface area contributed by atoms with Gasteiger partial charge in [0.15, 0.2) is 0 Å². The average Bonchev–Trinajstić information content (AvgIpc) is 2.06. The monoisotopic (exact) mass is 210 g/mol. The largest absolute Gasteiger partial charge is 0.396 e. The molecule has 0 saturated carbocycles. The molecule has 1 aliphatic rings. The third kappa shape index (κ3) is 1.55. The Balaban J connectivity index is 2.23. The van der Waals surface area contributed by atoms with Crippen molar-refractivity contribution in [3.63, 3.8) is 0 Å². The molecule has 3 heteroatoms. The van der Waals surface area contributed by atoms with Crippen molar-refractivity contribution in [2.24, 2.45) is 5.41 Å². The molecule has 1 saturated heterocycles. The van der Waals surface area contributed by atoms with Crippen LogP contribution in [0.25, 0.3) is 0 Å². The van der Waals surface area contributed by atoms with E-state index in [2.05, 4.69) is 18.7 Å². The van der Waals surface area contributed by atoms with E-state index < -0.39 is 0 Å². The van der Waals surface area contributed by atoms with E-state index in [-0.39, 0.29) is 0 Å². The Kier molecular flexibility index (Phi) is 2.11. The number of rotatable bonds is 1. The molecule has 0 aromatic heterocycles. The van der Waals surface area contributed by atoms with Crippen molar-refractivity contribution in [3.05, 3.63) is 23.2 Å². The molecule has 0 amide bonds. The van der Waals surface area contributed by atoms with Gasteiger partial charge in [-0.2, -0.15) is 0 Å². The van der Waals surface area contributed by atoms with Crippen molar-refractivity contribution in [3.8, 4) is 0 Å². The molecule has 2 nitrogen and oxygen atoms in total. The van der Waals surface area contributed by atoms with Gasteiger partial charge in [-0.25, -0.2) is 0 Å². The number of anilines is 2.